The number of hydrogen-bond donors (Lipinski definition) is 1. The van der Waals surface area contributed by atoms with Crippen LogP contribution < -0.4 is 14.4 Å². The molecule has 0 atom stereocenters. The number of sulfonamides is 1. The van der Waals surface area contributed by atoms with Gasteiger partial charge in [-0.2, -0.15) is 4.72 Å². The van der Waals surface area contributed by atoms with Gasteiger partial charge in [0.25, 0.3) is 0 Å². The highest BCUT2D eigenvalue weighted by molar-refractivity contribution is 7.98. The first-order valence-corrected chi connectivity index (χ1v) is 9.95. The summed E-state index contributed by atoms with van der Waals surface area (Å²) in [5.74, 6) is 1.22. The van der Waals surface area contributed by atoms with E-state index in [4.69, 9.17) is 4.74 Å². The van der Waals surface area contributed by atoms with Crippen LogP contribution in [-0.2, 0) is 10.0 Å². The van der Waals surface area contributed by atoms with Crippen LogP contribution in [0.4, 0.5) is 5.69 Å². The molecule has 1 N–H and O–H groups in total. The monoisotopic (exact) mass is 350 g/mol. The zero-order valence-corrected chi connectivity index (χ0v) is 14.6. The highest BCUT2D eigenvalue weighted by Gasteiger charge is 2.27. The fourth-order valence-electron chi connectivity index (χ4n) is 2.47. The van der Waals surface area contributed by atoms with Gasteiger partial charge in [-0.05, 0) is 37.4 Å². The molecule has 23 heavy (non-hydrogen) atoms. The summed E-state index contributed by atoms with van der Waals surface area (Å²) >= 11 is 1.58. The SMILES string of the molecule is CCN1CNS(=O)(=O)c2cc(Oc3ccccc3SC)ccc21. The van der Waals surface area contributed by atoms with Gasteiger partial charge in [0.1, 0.15) is 16.4 Å². The predicted molar refractivity (Wildman–Crippen MR) is 92.9 cm³/mol. The third kappa shape index (κ3) is 3.17. The first-order valence-electron chi connectivity index (χ1n) is 7.24. The summed E-state index contributed by atoms with van der Waals surface area (Å²) in [6.07, 6.45) is 1.97. The summed E-state index contributed by atoms with van der Waals surface area (Å²) in [4.78, 5) is 3.22. The molecule has 5 nitrogen and oxygen atoms in total. The maximum atomic E-state index is 12.3. The molecule has 0 bridgehead atoms. The van der Waals surface area contributed by atoms with E-state index < -0.39 is 10.0 Å². The van der Waals surface area contributed by atoms with E-state index in [0.29, 0.717) is 23.9 Å². The summed E-state index contributed by atoms with van der Waals surface area (Å²) in [5.41, 5.74) is 0.705. The van der Waals surface area contributed by atoms with E-state index >= 15 is 0 Å². The number of nitrogens with zero attached hydrogens (tertiary/aromatic N) is 1. The lowest BCUT2D eigenvalue weighted by atomic mass is 10.2. The molecule has 7 heteroatoms. The van der Waals surface area contributed by atoms with E-state index in [2.05, 4.69) is 4.72 Å². The summed E-state index contributed by atoms with van der Waals surface area (Å²) in [7, 11) is -3.49. The molecule has 0 amide bonds. The van der Waals surface area contributed by atoms with E-state index in [1.807, 2.05) is 42.3 Å². The lowest BCUT2D eigenvalue weighted by Crippen LogP contribution is -2.42. The Hall–Kier alpha value is -1.70. The van der Waals surface area contributed by atoms with Crippen molar-refractivity contribution in [1.82, 2.24) is 4.72 Å². The maximum Gasteiger partial charge on any atom is 0.244 e. The van der Waals surface area contributed by atoms with Gasteiger partial charge in [-0.15, -0.1) is 11.8 Å². The second kappa shape index (κ2) is 6.43. The van der Waals surface area contributed by atoms with Gasteiger partial charge in [-0.1, -0.05) is 12.1 Å². The molecule has 2 aromatic carbocycles. The summed E-state index contributed by atoms with van der Waals surface area (Å²) < 4.78 is 33.0. The molecule has 0 aliphatic carbocycles. The molecular weight excluding hydrogens is 332 g/mol. The summed E-state index contributed by atoms with van der Waals surface area (Å²) in [6, 6.07) is 12.9. The molecule has 122 valence electrons. The topological polar surface area (TPSA) is 58.6 Å². The Morgan fingerprint density at radius 2 is 2.04 bits per heavy atom. The zero-order valence-electron chi connectivity index (χ0n) is 12.9. The van der Waals surface area contributed by atoms with Crippen molar-refractivity contribution in [3.05, 3.63) is 42.5 Å². The van der Waals surface area contributed by atoms with Crippen LogP contribution in [0.15, 0.2) is 52.3 Å². The Morgan fingerprint density at radius 3 is 2.78 bits per heavy atom. The number of hydrogen-bond acceptors (Lipinski definition) is 5. The van der Waals surface area contributed by atoms with Gasteiger partial charge in [0.15, 0.2) is 0 Å². The van der Waals surface area contributed by atoms with E-state index in [9.17, 15) is 8.42 Å². The fourth-order valence-corrected chi connectivity index (χ4v) is 4.22. The third-order valence-electron chi connectivity index (χ3n) is 3.69. The minimum atomic E-state index is -3.49. The molecule has 0 saturated heterocycles. The van der Waals surface area contributed by atoms with Crippen LogP contribution in [-0.4, -0.2) is 27.9 Å². The van der Waals surface area contributed by atoms with Crippen molar-refractivity contribution < 1.29 is 13.2 Å². The molecule has 2 aromatic rings. The first kappa shape index (κ1) is 16.2. The van der Waals surface area contributed by atoms with Crippen molar-refractivity contribution in [2.24, 2.45) is 0 Å². The van der Waals surface area contributed by atoms with Crippen molar-refractivity contribution in [3.8, 4) is 11.5 Å². The number of para-hydroxylation sites is 1. The average molecular weight is 350 g/mol. The molecule has 0 spiro atoms. The second-order valence-corrected chi connectivity index (χ2v) is 7.63. The quantitative estimate of drug-likeness (QED) is 0.858. The van der Waals surface area contributed by atoms with Gasteiger partial charge in [0.05, 0.1) is 12.4 Å². The van der Waals surface area contributed by atoms with Crippen LogP contribution in [0.3, 0.4) is 0 Å². The molecule has 0 radical (unpaired) electrons. The van der Waals surface area contributed by atoms with Crippen LogP contribution >= 0.6 is 11.8 Å². The molecular formula is C16H18N2O3S2. The van der Waals surface area contributed by atoms with Crippen LogP contribution in [0.1, 0.15) is 6.92 Å². The minimum absolute atomic E-state index is 0.254. The Kier molecular flexibility index (Phi) is 4.52. The number of thioether (sulfide) groups is 1. The van der Waals surface area contributed by atoms with Crippen LogP contribution in [0, 0.1) is 0 Å². The number of ether oxygens (including phenoxy) is 1. The fraction of sp³-hybridized carbons (Fsp3) is 0.250. The van der Waals surface area contributed by atoms with Crippen molar-refractivity contribution in [1.29, 1.82) is 0 Å². The highest BCUT2D eigenvalue weighted by atomic mass is 32.2. The van der Waals surface area contributed by atoms with Crippen molar-refractivity contribution in [3.63, 3.8) is 0 Å². The van der Waals surface area contributed by atoms with Gasteiger partial charge in [0, 0.05) is 17.5 Å². The van der Waals surface area contributed by atoms with Gasteiger partial charge in [-0.25, -0.2) is 8.42 Å². The maximum absolute atomic E-state index is 12.3. The Morgan fingerprint density at radius 1 is 1.26 bits per heavy atom. The molecule has 1 aliphatic heterocycles. The standard InChI is InChI=1S/C16H18N2O3S2/c1-3-18-11-17-23(19,20)16-10-12(8-9-13(16)18)21-14-6-4-5-7-15(14)22-2/h4-10,17H,3,11H2,1-2H3. The molecule has 0 unspecified atom stereocenters. The molecule has 0 aromatic heterocycles. The smallest absolute Gasteiger partial charge is 0.244 e. The van der Waals surface area contributed by atoms with Crippen LogP contribution in [0.5, 0.6) is 11.5 Å². The number of rotatable bonds is 4. The summed E-state index contributed by atoms with van der Waals surface area (Å²) in [6.45, 7) is 3.01. The van der Waals surface area contributed by atoms with Crippen molar-refractivity contribution in [2.45, 2.75) is 16.7 Å². The molecule has 1 heterocycles. The Bertz CT molecular complexity index is 822. The number of anilines is 1. The number of benzene rings is 2. The van der Waals surface area contributed by atoms with Crippen molar-refractivity contribution >= 4 is 27.5 Å². The largest absolute Gasteiger partial charge is 0.456 e. The molecule has 1 aliphatic rings. The lowest BCUT2D eigenvalue weighted by Gasteiger charge is -2.30. The second-order valence-electron chi connectivity index (χ2n) is 5.04. The van der Waals surface area contributed by atoms with E-state index in [1.165, 1.54) is 0 Å². The van der Waals surface area contributed by atoms with Gasteiger partial charge >= 0.3 is 0 Å². The van der Waals surface area contributed by atoms with Crippen LogP contribution in [0.2, 0.25) is 0 Å². The molecule has 3 rings (SSSR count). The van der Waals surface area contributed by atoms with E-state index in [1.54, 1.807) is 30.0 Å². The van der Waals surface area contributed by atoms with Crippen molar-refractivity contribution in [2.75, 3.05) is 24.4 Å². The summed E-state index contributed by atoms with van der Waals surface area (Å²) in [5, 5.41) is 0. The van der Waals surface area contributed by atoms with Gasteiger partial charge < -0.3 is 9.64 Å². The highest BCUT2D eigenvalue weighted by Crippen LogP contribution is 2.36. The third-order valence-corrected chi connectivity index (χ3v) is 5.88. The minimum Gasteiger partial charge on any atom is -0.456 e. The lowest BCUT2D eigenvalue weighted by molar-refractivity contribution is 0.469. The number of nitrogens with one attached hydrogen (secondary N) is 1. The van der Waals surface area contributed by atoms with E-state index in [-0.39, 0.29) is 4.90 Å². The van der Waals surface area contributed by atoms with Gasteiger partial charge in [0.2, 0.25) is 10.0 Å². The average Bonchev–Trinajstić information content (AvgIpc) is 2.56. The Balaban J connectivity index is 2.00. The first-order chi connectivity index (χ1) is 11.0. The predicted octanol–water partition coefficient (Wildman–Crippen LogP) is 3.28. The van der Waals surface area contributed by atoms with Crippen LogP contribution in [0.25, 0.3) is 0 Å². The zero-order chi connectivity index (χ0) is 16.4. The van der Waals surface area contributed by atoms with E-state index in [0.717, 1.165) is 11.4 Å². The Labute approximate surface area is 140 Å². The molecule has 0 saturated carbocycles. The molecule has 0 fully saturated rings. The van der Waals surface area contributed by atoms with Gasteiger partial charge in [-0.3, -0.25) is 0 Å². The number of fused-ring (bicyclic) bond motifs is 1. The normalized spacial score (nSPS) is 16.0.